The molecule has 0 radical (unpaired) electrons. The quantitative estimate of drug-likeness (QED) is 0.255. The Bertz CT molecular complexity index is 1400. The van der Waals surface area contributed by atoms with Crippen LogP contribution in [-0.2, 0) is 11.3 Å². The zero-order valence-corrected chi connectivity index (χ0v) is 17.4. The second-order valence-electron chi connectivity index (χ2n) is 7.15. The second-order valence-corrected chi connectivity index (χ2v) is 7.15. The number of para-hydroxylation sites is 1. The Morgan fingerprint density at radius 2 is 1.85 bits per heavy atom. The number of nitrogens with one attached hydrogen (secondary N) is 2. The average molecular weight is 441 g/mol. The van der Waals surface area contributed by atoms with Crippen LogP contribution in [0.15, 0.2) is 73.1 Å². The van der Waals surface area contributed by atoms with Gasteiger partial charge in [-0.15, -0.1) is 0 Å². The third kappa shape index (κ3) is 4.67. The monoisotopic (exact) mass is 441 g/mol. The number of primary amides is 1. The number of carbonyl (C=O) groups excluding carboxylic acids is 1. The molecule has 164 valence electrons. The summed E-state index contributed by atoms with van der Waals surface area (Å²) in [6.45, 7) is 0.220. The Labute approximate surface area is 188 Å². The molecule has 0 aliphatic heterocycles. The molecule has 0 bridgehead atoms. The summed E-state index contributed by atoms with van der Waals surface area (Å²) in [7, 11) is 0. The molecule has 0 fully saturated rings. The van der Waals surface area contributed by atoms with E-state index in [-0.39, 0.29) is 35.3 Å². The van der Waals surface area contributed by atoms with Gasteiger partial charge in [0.2, 0.25) is 5.91 Å². The summed E-state index contributed by atoms with van der Waals surface area (Å²) in [6.07, 6.45) is 3.55. The molecule has 0 spiro atoms. The van der Waals surface area contributed by atoms with E-state index >= 15 is 0 Å². The predicted molar refractivity (Wildman–Crippen MR) is 126 cm³/mol. The van der Waals surface area contributed by atoms with E-state index in [1.54, 1.807) is 18.2 Å². The summed E-state index contributed by atoms with van der Waals surface area (Å²) < 4.78 is 14.6. The number of allylic oxidation sites excluding steroid dienone is 1. The van der Waals surface area contributed by atoms with Gasteiger partial charge in [-0.25, -0.2) is 19.3 Å². The number of nitrogen functional groups attached to an aromatic ring is 1. The molecule has 2 aromatic carbocycles. The van der Waals surface area contributed by atoms with E-state index in [0.29, 0.717) is 11.3 Å². The summed E-state index contributed by atoms with van der Waals surface area (Å²) in [5, 5.41) is 12.3. The molecule has 0 saturated heterocycles. The number of nitrogens with two attached hydrogens (primary N) is 2. The minimum Gasteiger partial charge on any atom is -0.383 e. The fraction of sp³-hybridized carbons (Fsp3) is 0.0417. The normalized spacial score (nSPS) is 11.1. The van der Waals surface area contributed by atoms with Crippen LogP contribution in [0.5, 0.6) is 0 Å². The number of benzene rings is 2. The fourth-order valence-corrected chi connectivity index (χ4v) is 3.41. The SMILES string of the molecule is N=C(/C=C/C(N)=O)c1c(N)ncnc1NCc1cc2ccccc2nc1-c1ccccc1F. The Hall–Kier alpha value is -4.66. The standard InChI is InChI=1S/C24H20FN7O/c25-17-7-3-2-6-16(17)22-15(11-14-5-1-4-8-19(14)32-22)12-29-24-21(23(28)30-13-31-24)18(26)9-10-20(27)33/h1-11,13,26H,12H2,(H2,27,33)(H3,28,29,30,31)/b10-9+,26-18?. The Morgan fingerprint density at radius 3 is 2.64 bits per heavy atom. The van der Waals surface area contributed by atoms with Crippen molar-refractivity contribution in [1.82, 2.24) is 15.0 Å². The minimum absolute atomic E-state index is 0.0672. The van der Waals surface area contributed by atoms with Gasteiger partial charge >= 0.3 is 0 Å². The molecular weight excluding hydrogens is 421 g/mol. The summed E-state index contributed by atoms with van der Waals surface area (Å²) in [5.74, 6) is -0.722. The lowest BCUT2D eigenvalue weighted by Crippen LogP contribution is -2.13. The molecule has 33 heavy (non-hydrogen) atoms. The van der Waals surface area contributed by atoms with Gasteiger partial charge in [-0.05, 0) is 35.9 Å². The first-order valence-electron chi connectivity index (χ1n) is 9.98. The van der Waals surface area contributed by atoms with E-state index < -0.39 is 5.91 Å². The summed E-state index contributed by atoms with van der Waals surface area (Å²) in [5.41, 5.74) is 13.6. The van der Waals surface area contributed by atoms with Gasteiger partial charge in [-0.1, -0.05) is 30.3 Å². The van der Waals surface area contributed by atoms with Crippen molar-refractivity contribution in [3.05, 3.63) is 90.0 Å². The number of pyridine rings is 1. The highest BCUT2D eigenvalue weighted by Crippen LogP contribution is 2.29. The van der Waals surface area contributed by atoms with E-state index in [1.807, 2.05) is 30.3 Å². The molecule has 0 aliphatic rings. The number of anilines is 2. The highest BCUT2D eigenvalue weighted by atomic mass is 19.1. The second kappa shape index (κ2) is 9.23. The number of hydrogen-bond donors (Lipinski definition) is 4. The number of fused-ring (bicyclic) bond motifs is 1. The zero-order chi connectivity index (χ0) is 23.4. The predicted octanol–water partition coefficient (Wildman–Crippen LogP) is 3.43. The van der Waals surface area contributed by atoms with E-state index in [9.17, 15) is 9.18 Å². The molecular formula is C24H20FN7O. The summed E-state index contributed by atoms with van der Waals surface area (Å²) >= 11 is 0. The van der Waals surface area contributed by atoms with Crippen LogP contribution >= 0.6 is 0 Å². The summed E-state index contributed by atoms with van der Waals surface area (Å²) in [4.78, 5) is 23.9. The van der Waals surface area contributed by atoms with Gasteiger partial charge in [-0.2, -0.15) is 0 Å². The Morgan fingerprint density at radius 1 is 1.09 bits per heavy atom. The smallest absolute Gasteiger partial charge is 0.241 e. The number of aromatic nitrogens is 3. The van der Waals surface area contributed by atoms with Gasteiger partial charge in [0.15, 0.2) is 0 Å². The first-order valence-corrected chi connectivity index (χ1v) is 9.98. The molecule has 0 saturated carbocycles. The van der Waals surface area contributed by atoms with Crippen LogP contribution < -0.4 is 16.8 Å². The highest BCUT2D eigenvalue weighted by Gasteiger charge is 2.16. The van der Waals surface area contributed by atoms with Crippen LogP contribution in [0.4, 0.5) is 16.0 Å². The van der Waals surface area contributed by atoms with Crippen LogP contribution in [0.1, 0.15) is 11.1 Å². The van der Waals surface area contributed by atoms with Gasteiger partial charge < -0.3 is 16.8 Å². The van der Waals surface area contributed by atoms with Gasteiger partial charge in [0, 0.05) is 23.6 Å². The molecule has 0 unspecified atom stereocenters. The van der Waals surface area contributed by atoms with Gasteiger partial charge in [0.1, 0.15) is 23.8 Å². The maximum absolute atomic E-state index is 14.6. The number of amides is 1. The largest absolute Gasteiger partial charge is 0.383 e. The molecule has 8 nitrogen and oxygen atoms in total. The third-order valence-corrected chi connectivity index (χ3v) is 4.94. The molecule has 9 heteroatoms. The highest BCUT2D eigenvalue weighted by molar-refractivity contribution is 6.14. The lowest BCUT2D eigenvalue weighted by molar-refractivity contribution is -0.113. The molecule has 4 rings (SSSR count). The van der Waals surface area contributed by atoms with Gasteiger partial charge in [0.25, 0.3) is 0 Å². The molecule has 0 atom stereocenters. The topological polar surface area (TPSA) is 144 Å². The lowest BCUT2D eigenvalue weighted by Gasteiger charge is -2.15. The van der Waals surface area contributed by atoms with Crippen LogP contribution in [0, 0.1) is 11.2 Å². The average Bonchev–Trinajstić information content (AvgIpc) is 2.81. The Kier molecular flexibility index (Phi) is 6.03. The number of carbonyl (C=O) groups is 1. The van der Waals surface area contributed by atoms with Crippen LogP contribution in [0.25, 0.3) is 22.2 Å². The van der Waals surface area contributed by atoms with Crippen LogP contribution in [0.3, 0.4) is 0 Å². The molecule has 4 aromatic rings. The van der Waals surface area contributed by atoms with E-state index in [2.05, 4.69) is 15.3 Å². The maximum Gasteiger partial charge on any atom is 0.241 e. The first kappa shape index (κ1) is 21.6. The van der Waals surface area contributed by atoms with Crippen LogP contribution in [0.2, 0.25) is 0 Å². The molecule has 2 aromatic heterocycles. The van der Waals surface area contributed by atoms with Crippen molar-refractivity contribution in [2.24, 2.45) is 5.73 Å². The van der Waals surface area contributed by atoms with Crippen molar-refractivity contribution in [2.75, 3.05) is 11.1 Å². The lowest BCUT2D eigenvalue weighted by atomic mass is 10.0. The van der Waals surface area contributed by atoms with E-state index in [4.69, 9.17) is 21.9 Å². The molecule has 2 heterocycles. The number of rotatable bonds is 7. The fourth-order valence-electron chi connectivity index (χ4n) is 3.41. The molecule has 6 N–H and O–H groups in total. The number of nitrogens with zero attached hydrogens (tertiary/aromatic N) is 3. The van der Waals surface area contributed by atoms with Gasteiger partial charge in [0.05, 0.1) is 22.5 Å². The van der Waals surface area contributed by atoms with Crippen molar-refractivity contribution < 1.29 is 9.18 Å². The first-order chi connectivity index (χ1) is 15.9. The summed E-state index contributed by atoms with van der Waals surface area (Å²) in [6, 6.07) is 15.9. The van der Waals surface area contributed by atoms with Gasteiger partial charge in [-0.3, -0.25) is 10.2 Å². The third-order valence-electron chi connectivity index (χ3n) is 4.94. The van der Waals surface area contributed by atoms with Crippen molar-refractivity contribution in [1.29, 1.82) is 5.41 Å². The van der Waals surface area contributed by atoms with Crippen molar-refractivity contribution >= 4 is 34.2 Å². The van der Waals surface area contributed by atoms with E-state index in [1.165, 1.54) is 18.5 Å². The van der Waals surface area contributed by atoms with Crippen molar-refractivity contribution in [3.8, 4) is 11.3 Å². The van der Waals surface area contributed by atoms with E-state index in [0.717, 1.165) is 22.5 Å². The Balaban J connectivity index is 1.75. The molecule has 1 amide bonds. The zero-order valence-electron chi connectivity index (χ0n) is 17.4. The van der Waals surface area contributed by atoms with Crippen molar-refractivity contribution in [3.63, 3.8) is 0 Å². The maximum atomic E-state index is 14.6. The minimum atomic E-state index is -0.693. The van der Waals surface area contributed by atoms with Crippen molar-refractivity contribution in [2.45, 2.75) is 6.54 Å². The molecule has 0 aliphatic carbocycles. The van der Waals surface area contributed by atoms with Crippen LogP contribution in [-0.4, -0.2) is 26.6 Å². The number of halogens is 1. The number of hydrogen-bond acceptors (Lipinski definition) is 7.